The summed E-state index contributed by atoms with van der Waals surface area (Å²) in [5, 5.41) is 10.6. The zero-order valence-electron chi connectivity index (χ0n) is 15.2. The molecule has 2 aromatic rings. The first-order chi connectivity index (χ1) is 13.3. The van der Waals surface area contributed by atoms with E-state index in [2.05, 4.69) is 10.6 Å². The van der Waals surface area contributed by atoms with E-state index < -0.39 is 10.0 Å². The van der Waals surface area contributed by atoms with Crippen LogP contribution >= 0.6 is 0 Å². The minimum atomic E-state index is -3.71. The van der Waals surface area contributed by atoms with Crippen molar-refractivity contribution in [1.29, 1.82) is 0 Å². The van der Waals surface area contributed by atoms with Gasteiger partial charge in [0.2, 0.25) is 15.9 Å². The summed E-state index contributed by atoms with van der Waals surface area (Å²) in [6.45, 7) is 0.814. The summed E-state index contributed by atoms with van der Waals surface area (Å²) in [7, 11) is -3.71. The quantitative estimate of drug-likeness (QED) is 0.667. The monoisotopic (exact) mass is 402 g/mol. The number of amides is 3. The average molecular weight is 402 g/mol. The summed E-state index contributed by atoms with van der Waals surface area (Å²) in [5.41, 5.74) is 1.69. The second kappa shape index (κ2) is 8.41. The highest BCUT2D eigenvalue weighted by atomic mass is 32.2. The van der Waals surface area contributed by atoms with Gasteiger partial charge in [0.15, 0.2) is 0 Å². The second-order valence-corrected chi connectivity index (χ2v) is 8.14. The van der Waals surface area contributed by atoms with Crippen LogP contribution in [0.1, 0.15) is 12.0 Å². The molecule has 0 unspecified atom stereocenters. The van der Waals surface area contributed by atoms with Gasteiger partial charge < -0.3 is 15.5 Å². The molecule has 0 radical (unpaired) electrons. The smallest absolute Gasteiger partial charge is 0.315 e. The standard InChI is InChI=1S/C19H22N4O4S/c20-28(26,27)17-8-6-14(7-9-17)10-11-21-19(25)22-15-12-18(24)23(13-15)16-4-2-1-3-5-16/h1-9,15H,10-13H2,(H2,20,26,27)(H2,21,22,25)/t15-/m0/s1. The van der Waals surface area contributed by atoms with E-state index in [1.165, 1.54) is 12.1 Å². The molecular weight excluding hydrogens is 380 g/mol. The van der Waals surface area contributed by atoms with Gasteiger partial charge in [-0.3, -0.25) is 4.79 Å². The Hall–Kier alpha value is -2.91. The molecule has 28 heavy (non-hydrogen) atoms. The fourth-order valence-corrected chi connectivity index (χ4v) is 3.58. The van der Waals surface area contributed by atoms with E-state index in [-0.39, 0.29) is 29.3 Å². The van der Waals surface area contributed by atoms with Gasteiger partial charge in [0.05, 0.1) is 10.9 Å². The number of anilines is 1. The lowest BCUT2D eigenvalue weighted by Crippen LogP contribution is -2.43. The van der Waals surface area contributed by atoms with Gasteiger partial charge in [0, 0.05) is 25.2 Å². The summed E-state index contributed by atoms with van der Waals surface area (Å²) in [6.07, 6.45) is 0.801. The lowest BCUT2D eigenvalue weighted by molar-refractivity contribution is -0.117. The Morgan fingerprint density at radius 1 is 1.11 bits per heavy atom. The van der Waals surface area contributed by atoms with Crippen molar-refractivity contribution < 1.29 is 18.0 Å². The van der Waals surface area contributed by atoms with Crippen molar-refractivity contribution in [1.82, 2.24) is 10.6 Å². The van der Waals surface area contributed by atoms with Gasteiger partial charge in [-0.15, -0.1) is 0 Å². The van der Waals surface area contributed by atoms with Crippen molar-refractivity contribution in [2.75, 3.05) is 18.0 Å². The van der Waals surface area contributed by atoms with Crippen LogP contribution in [0.15, 0.2) is 59.5 Å². The minimum Gasteiger partial charge on any atom is -0.338 e. The van der Waals surface area contributed by atoms with E-state index in [0.29, 0.717) is 19.5 Å². The van der Waals surface area contributed by atoms with Gasteiger partial charge in [-0.1, -0.05) is 30.3 Å². The van der Waals surface area contributed by atoms with Crippen LogP contribution in [0.3, 0.4) is 0 Å². The molecule has 0 saturated carbocycles. The number of nitrogens with zero attached hydrogens (tertiary/aromatic N) is 1. The molecule has 1 atom stereocenters. The average Bonchev–Trinajstić information content (AvgIpc) is 3.02. The highest BCUT2D eigenvalue weighted by Gasteiger charge is 2.31. The number of nitrogens with one attached hydrogen (secondary N) is 2. The number of nitrogens with two attached hydrogens (primary N) is 1. The van der Waals surface area contributed by atoms with E-state index >= 15 is 0 Å². The van der Waals surface area contributed by atoms with Gasteiger partial charge in [-0.25, -0.2) is 18.4 Å². The second-order valence-electron chi connectivity index (χ2n) is 6.58. The highest BCUT2D eigenvalue weighted by Crippen LogP contribution is 2.20. The first-order valence-electron chi connectivity index (χ1n) is 8.84. The number of hydrogen-bond donors (Lipinski definition) is 3. The maximum absolute atomic E-state index is 12.2. The largest absolute Gasteiger partial charge is 0.338 e. The molecule has 4 N–H and O–H groups in total. The zero-order chi connectivity index (χ0) is 20.1. The van der Waals surface area contributed by atoms with E-state index in [1.54, 1.807) is 17.0 Å². The lowest BCUT2D eigenvalue weighted by Gasteiger charge is -2.17. The molecule has 9 heteroatoms. The maximum Gasteiger partial charge on any atom is 0.315 e. The number of sulfonamides is 1. The predicted molar refractivity (Wildman–Crippen MR) is 105 cm³/mol. The first-order valence-corrected chi connectivity index (χ1v) is 10.4. The van der Waals surface area contributed by atoms with Crippen LogP contribution in [-0.4, -0.2) is 39.5 Å². The Morgan fingerprint density at radius 2 is 1.79 bits per heavy atom. The molecule has 3 rings (SSSR count). The van der Waals surface area contributed by atoms with E-state index in [0.717, 1.165) is 11.3 Å². The van der Waals surface area contributed by atoms with Crippen LogP contribution in [0.4, 0.5) is 10.5 Å². The SMILES string of the molecule is NS(=O)(=O)c1ccc(CCNC(=O)N[C@H]2CC(=O)N(c3ccccc3)C2)cc1. The number of benzene rings is 2. The molecule has 0 aliphatic carbocycles. The van der Waals surface area contributed by atoms with Crippen molar-refractivity contribution in [2.45, 2.75) is 23.8 Å². The van der Waals surface area contributed by atoms with Crippen LogP contribution in [0, 0.1) is 0 Å². The number of rotatable bonds is 6. The Bertz CT molecular complexity index is 946. The summed E-state index contributed by atoms with van der Waals surface area (Å²) >= 11 is 0. The summed E-state index contributed by atoms with van der Waals surface area (Å²) in [5.74, 6) is -0.0218. The molecule has 148 valence electrons. The van der Waals surface area contributed by atoms with Gasteiger partial charge in [-0.05, 0) is 36.2 Å². The van der Waals surface area contributed by atoms with Crippen molar-refractivity contribution >= 4 is 27.6 Å². The fourth-order valence-electron chi connectivity index (χ4n) is 3.06. The molecule has 1 aliphatic rings. The maximum atomic E-state index is 12.2. The Kier molecular flexibility index (Phi) is 5.96. The fraction of sp³-hybridized carbons (Fsp3) is 0.263. The molecule has 0 spiro atoms. The molecule has 1 aliphatic heterocycles. The van der Waals surface area contributed by atoms with Crippen molar-refractivity contribution in [3.8, 4) is 0 Å². The van der Waals surface area contributed by atoms with Crippen LogP contribution in [0.2, 0.25) is 0 Å². The molecule has 0 aromatic heterocycles. The lowest BCUT2D eigenvalue weighted by atomic mass is 10.1. The van der Waals surface area contributed by atoms with Crippen LogP contribution < -0.4 is 20.7 Å². The zero-order valence-corrected chi connectivity index (χ0v) is 16.0. The Labute approximate surface area is 163 Å². The van der Waals surface area contributed by atoms with Crippen molar-refractivity contribution in [3.05, 3.63) is 60.2 Å². The number of urea groups is 1. The number of para-hydroxylation sites is 1. The number of carbonyl (C=O) groups excluding carboxylic acids is 2. The number of carbonyl (C=O) groups is 2. The molecule has 8 nitrogen and oxygen atoms in total. The van der Waals surface area contributed by atoms with Gasteiger partial charge in [0.25, 0.3) is 0 Å². The molecule has 1 saturated heterocycles. The molecule has 2 aromatic carbocycles. The number of primary sulfonamides is 1. The normalized spacial score (nSPS) is 16.8. The van der Waals surface area contributed by atoms with Crippen LogP contribution in [-0.2, 0) is 21.2 Å². The van der Waals surface area contributed by atoms with Crippen molar-refractivity contribution in [2.24, 2.45) is 5.14 Å². The third-order valence-electron chi connectivity index (χ3n) is 4.48. The van der Waals surface area contributed by atoms with E-state index in [9.17, 15) is 18.0 Å². The van der Waals surface area contributed by atoms with Crippen LogP contribution in [0.25, 0.3) is 0 Å². The molecule has 3 amide bonds. The number of hydrogen-bond acceptors (Lipinski definition) is 4. The Balaban J connectivity index is 1.44. The van der Waals surface area contributed by atoms with Gasteiger partial charge >= 0.3 is 6.03 Å². The molecule has 1 heterocycles. The summed E-state index contributed by atoms with van der Waals surface area (Å²) in [4.78, 5) is 26.0. The molecular formula is C19H22N4O4S. The van der Waals surface area contributed by atoms with Crippen molar-refractivity contribution in [3.63, 3.8) is 0 Å². The summed E-state index contributed by atoms with van der Waals surface area (Å²) < 4.78 is 22.5. The minimum absolute atomic E-state index is 0.0218. The van der Waals surface area contributed by atoms with Gasteiger partial charge in [0.1, 0.15) is 0 Å². The van der Waals surface area contributed by atoms with Crippen LogP contribution in [0.5, 0.6) is 0 Å². The predicted octanol–water partition coefficient (Wildman–Crippen LogP) is 0.981. The van der Waals surface area contributed by atoms with E-state index in [1.807, 2.05) is 30.3 Å². The van der Waals surface area contributed by atoms with E-state index in [4.69, 9.17) is 5.14 Å². The molecule has 0 bridgehead atoms. The summed E-state index contributed by atoms with van der Waals surface area (Å²) in [6, 6.07) is 14.9. The third-order valence-corrected chi connectivity index (χ3v) is 5.41. The molecule has 1 fully saturated rings. The topological polar surface area (TPSA) is 122 Å². The third kappa shape index (κ3) is 5.08. The Morgan fingerprint density at radius 3 is 2.43 bits per heavy atom. The van der Waals surface area contributed by atoms with Gasteiger partial charge in [-0.2, -0.15) is 0 Å². The highest BCUT2D eigenvalue weighted by molar-refractivity contribution is 7.89. The first kappa shape index (κ1) is 19.8.